The molecule has 2 aromatic heterocycles. The number of rotatable bonds is 1. The topological polar surface area (TPSA) is 26.0 Å². The lowest BCUT2D eigenvalue weighted by Crippen LogP contribution is -1.78. The quantitative estimate of drug-likeness (QED) is 0.662. The van der Waals surface area contributed by atoms with E-state index in [9.17, 15) is 0 Å². The standard InChI is InChI=1S/C11H11NO/c1-4-9-8(3)13-11-10(9)6-5-7(2)12-11/h4-6H,1H2,2-3H3. The van der Waals surface area contributed by atoms with Crippen LogP contribution in [0.25, 0.3) is 17.2 Å². The molecule has 66 valence electrons. The van der Waals surface area contributed by atoms with Crippen molar-refractivity contribution in [2.24, 2.45) is 0 Å². The molecule has 0 N–H and O–H groups in total. The molecular weight excluding hydrogens is 162 g/mol. The van der Waals surface area contributed by atoms with Crippen molar-refractivity contribution in [2.75, 3.05) is 0 Å². The Kier molecular flexibility index (Phi) is 1.69. The number of fused-ring (bicyclic) bond motifs is 1. The van der Waals surface area contributed by atoms with Crippen LogP contribution < -0.4 is 0 Å². The third-order valence-electron chi connectivity index (χ3n) is 2.12. The number of hydrogen-bond donors (Lipinski definition) is 0. The number of nitrogens with zero attached hydrogens (tertiary/aromatic N) is 1. The van der Waals surface area contributed by atoms with Crippen molar-refractivity contribution in [2.45, 2.75) is 13.8 Å². The van der Waals surface area contributed by atoms with Gasteiger partial charge in [0.05, 0.1) is 0 Å². The zero-order chi connectivity index (χ0) is 9.42. The predicted octanol–water partition coefficient (Wildman–Crippen LogP) is 3.09. The fourth-order valence-electron chi connectivity index (χ4n) is 1.46. The van der Waals surface area contributed by atoms with Crippen LogP contribution in [0.3, 0.4) is 0 Å². The molecular formula is C11H11NO. The number of pyridine rings is 1. The molecule has 0 atom stereocenters. The summed E-state index contributed by atoms with van der Waals surface area (Å²) in [4.78, 5) is 4.29. The summed E-state index contributed by atoms with van der Waals surface area (Å²) in [5, 5.41) is 1.04. The monoisotopic (exact) mass is 173 g/mol. The lowest BCUT2D eigenvalue weighted by atomic mass is 10.1. The van der Waals surface area contributed by atoms with Gasteiger partial charge in [-0.15, -0.1) is 0 Å². The minimum Gasteiger partial charge on any atom is -0.442 e. The number of aromatic nitrogens is 1. The molecule has 0 aliphatic carbocycles. The van der Waals surface area contributed by atoms with Crippen LogP contribution in [0, 0.1) is 13.8 Å². The van der Waals surface area contributed by atoms with Crippen LogP contribution in [-0.4, -0.2) is 4.98 Å². The number of aryl methyl sites for hydroxylation is 2. The van der Waals surface area contributed by atoms with E-state index in [1.807, 2.05) is 26.0 Å². The first-order chi connectivity index (χ1) is 6.22. The summed E-state index contributed by atoms with van der Waals surface area (Å²) in [5.74, 6) is 0.878. The van der Waals surface area contributed by atoms with E-state index in [0.29, 0.717) is 5.71 Å². The van der Waals surface area contributed by atoms with Gasteiger partial charge < -0.3 is 4.42 Å². The molecule has 2 heteroatoms. The molecule has 0 aliphatic heterocycles. The smallest absolute Gasteiger partial charge is 0.227 e. The lowest BCUT2D eigenvalue weighted by molar-refractivity contribution is 0.566. The minimum atomic E-state index is 0.701. The van der Waals surface area contributed by atoms with Crippen molar-refractivity contribution in [3.63, 3.8) is 0 Å². The van der Waals surface area contributed by atoms with Gasteiger partial charge in [0.15, 0.2) is 0 Å². The molecule has 0 saturated heterocycles. The van der Waals surface area contributed by atoms with Crippen molar-refractivity contribution in [3.05, 3.63) is 35.7 Å². The highest BCUT2D eigenvalue weighted by Crippen LogP contribution is 2.24. The summed E-state index contributed by atoms with van der Waals surface area (Å²) in [6, 6.07) is 4.00. The van der Waals surface area contributed by atoms with Gasteiger partial charge in [-0.1, -0.05) is 12.7 Å². The van der Waals surface area contributed by atoms with E-state index in [0.717, 1.165) is 22.4 Å². The molecule has 2 heterocycles. The molecule has 2 nitrogen and oxygen atoms in total. The summed E-state index contributed by atoms with van der Waals surface area (Å²) < 4.78 is 5.49. The van der Waals surface area contributed by atoms with Crippen LogP contribution in [0.5, 0.6) is 0 Å². The fourth-order valence-corrected chi connectivity index (χ4v) is 1.46. The molecule has 0 saturated carbocycles. The van der Waals surface area contributed by atoms with Gasteiger partial charge in [-0.05, 0) is 26.0 Å². The Hall–Kier alpha value is -1.57. The largest absolute Gasteiger partial charge is 0.442 e. The van der Waals surface area contributed by atoms with Crippen molar-refractivity contribution >= 4 is 17.2 Å². The first-order valence-corrected chi connectivity index (χ1v) is 4.21. The Morgan fingerprint density at radius 2 is 2.15 bits per heavy atom. The highest BCUT2D eigenvalue weighted by Gasteiger charge is 2.08. The average molecular weight is 173 g/mol. The van der Waals surface area contributed by atoms with E-state index >= 15 is 0 Å². The molecule has 0 amide bonds. The van der Waals surface area contributed by atoms with Gasteiger partial charge in [0.2, 0.25) is 5.71 Å². The van der Waals surface area contributed by atoms with E-state index in [1.165, 1.54) is 0 Å². The highest BCUT2D eigenvalue weighted by molar-refractivity contribution is 5.85. The Bertz CT molecular complexity index is 468. The molecule has 13 heavy (non-hydrogen) atoms. The van der Waals surface area contributed by atoms with E-state index in [1.54, 1.807) is 6.08 Å². The summed E-state index contributed by atoms with van der Waals surface area (Å²) in [6.07, 6.45) is 1.80. The maximum absolute atomic E-state index is 5.49. The zero-order valence-corrected chi connectivity index (χ0v) is 7.79. The van der Waals surface area contributed by atoms with Gasteiger partial charge in [0, 0.05) is 16.6 Å². The second-order valence-corrected chi connectivity index (χ2v) is 3.08. The van der Waals surface area contributed by atoms with E-state index < -0.39 is 0 Å². The molecule has 0 fully saturated rings. The Labute approximate surface area is 76.9 Å². The van der Waals surface area contributed by atoms with E-state index in [4.69, 9.17) is 4.42 Å². The van der Waals surface area contributed by atoms with E-state index in [-0.39, 0.29) is 0 Å². The van der Waals surface area contributed by atoms with Crippen molar-refractivity contribution in [3.8, 4) is 0 Å². The summed E-state index contributed by atoms with van der Waals surface area (Å²) in [6.45, 7) is 7.62. The maximum Gasteiger partial charge on any atom is 0.227 e. The molecule has 0 aromatic carbocycles. The molecule has 2 aromatic rings. The third kappa shape index (κ3) is 1.15. The van der Waals surface area contributed by atoms with Crippen LogP contribution in [-0.2, 0) is 0 Å². The Morgan fingerprint density at radius 3 is 2.85 bits per heavy atom. The molecule has 0 unspecified atom stereocenters. The third-order valence-corrected chi connectivity index (χ3v) is 2.12. The second kappa shape index (κ2) is 2.73. The maximum atomic E-state index is 5.49. The summed E-state index contributed by atoms with van der Waals surface area (Å²) >= 11 is 0. The summed E-state index contributed by atoms with van der Waals surface area (Å²) in [5.41, 5.74) is 2.71. The van der Waals surface area contributed by atoms with Gasteiger partial charge in [-0.25, -0.2) is 4.98 Å². The Balaban J connectivity index is 2.86. The zero-order valence-electron chi connectivity index (χ0n) is 7.79. The van der Waals surface area contributed by atoms with Crippen LogP contribution in [0.4, 0.5) is 0 Å². The SMILES string of the molecule is C=Cc1c(C)oc2nc(C)ccc12. The van der Waals surface area contributed by atoms with Gasteiger partial charge in [-0.3, -0.25) is 0 Å². The lowest BCUT2D eigenvalue weighted by Gasteiger charge is -1.90. The predicted molar refractivity (Wildman–Crippen MR) is 53.6 cm³/mol. The van der Waals surface area contributed by atoms with Crippen LogP contribution in [0.15, 0.2) is 23.1 Å². The van der Waals surface area contributed by atoms with Crippen LogP contribution >= 0.6 is 0 Å². The van der Waals surface area contributed by atoms with Crippen LogP contribution in [0.1, 0.15) is 17.0 Å². The Morgan fingerprint density at radius 1 is 1.38 bits per heavy atom. The molecule has 0 bridgehead atoms. The van der Waals surface area contributed by atoms with Crippen molar-refractivity contribution in [1.29, 1.82) is 0 Å². The van der Waals surface area contributed by atoms with Crippen LogP contribution in [0.2, 0.25) is 0 Å². The normalized spacial score (nSPS) is 10.6. The molecule has 0 aliphatic rings. The molecule has 0 radical (unpaired) electrons. The molecule has 0 spiro atoms. The highest BCUT2D eigenvalue weighted by atomic mass is 16.3. The second-order valence-electron chi connectivity index (χ2n) is 3.08. The van der Waals surface area contributed by atoms with Gasteiger partial charge in [-0.2, -0.15) is 0 Å². The first-order valence-electron chi connectivity index (χ1n) is 4.21. The van der Waals surface area contributed by atoms with Crippen molar-refractivity contribution < 1.29 is 4.42 Å². The van der Waals surface area contributed by atoms with E-state index in [2.05, 4.69) is 11.6 Å². The molecule has 2 rings (SSSR count). The van der Waals surface area contributed by atoms with Gasteiger partial charge in [0.1, 0.15) is 5.76 Å². The average Bonchev–Trinajstić information content (AvgIpc) is 2.39. The first kappa shape index (κ1) is 8.05. The number of hydrogen-bond acceptors (Lipinski definition) is 2. The van der Waals surface area contributed by atoms with Gasteiger partial charge in [0.25, 0.3) is 0 Å². The summed E-state index contributed by atoms with van der Waals surface area (Å²) in [7, 11) is 0. The van der Waals surface area contributed by atoms with Gasteiger partial charge >= 0.3 is 0 Å². The minimum absolute atomic E-state index is 0.701. The fraction of sp³-hybridized carbons (Fsp3) is 0.182. The van der Waals surface area contributed by atoms with Crippen molar-refractivity contribution in [1.82, 2.24) is 4.98 Å². The number of furan rings is 1.